The van der Waals surface area contributed by atoms with E-state index in [-0.39, 0.29) is 25.0 Å². The van der Waals surface area contributed by atoms with Gasteiger partial charge in [0.15, 0.2) is 0 Å². The van der Waals surface area contributed by atoms with Gasteiger partial charge in [0.05, 0.1) is 18.0 Å². The number of carbonyl (C=O) groups excluding carboxylic acids is 1. The van der Waals surface area contributed by atoms with Crippen LogP contribution in [0, 0.1) is 6.92 Å². The largest absolute Gasteiger partial charge is 0.491 e. The summed E-state index contributed by atoms with van der Waals surface area (Å²) in [6, 6.07) is 14.9. The lowest BCUT2D eigenvalue weighted by atomic mass is 10.2. The molecule has 0 aliphatic carbocycles. The summed E-state index contributed by atoms with van der Waals surface area (Å²) in [6.07, 6.45) is 1.95. The highest BCUT2D eigenvalue weighted by atomic mass is 32.2. The third-order valence-electron chi connectivity index (χ3n) is 4.21. The van der Waals surface area contributed by atoms with Crippen molar-refractivity contribution < 1.29 is 17.9 Å². The number of nitrogens with one attached hydrogen (secondary N) is 1. The fourth-order valence-corrected chi connectivity index (χ4v) is 3.90. The molecule has 1 N–H and O–H groups in total. The second-order valence-electron chi connectivity index (χ2n) is 7.37. The second kappa shape index (κ2) is 10.3. The molecule has 0 aromatic heterocycles. The van der Waals surface area contributed by atoms with Crippen LogP contribution < -0.4 is 14.4 Å². The van der Waals surface area contributed by atoms with Gasteiger partial charge in [-0.2, -0.15) is 0 Å². The minimum Gasteiger partial charge on any atom is -0.491 e. The molecule has 29 heavy (non-hydrogen) atoms. The summed E-state index contributed by atoms with van der Waals surface area (Å²) in [5.41, 5.74) is 2.56. The van der Waals surface area contributed by atoms with Crippen LogP contribution in [-0.4, -0.2) is 33.2 Å². The molecule has 7 heteroatoms. The molecule has 1 amide bonds. The van der Waals surface area contributed by atoms with Crippen LogP contribution in [0.25, 0.3) is 0 Å². The van der Waals surface area contributed by atoms with Crippen LogP contribution in [0.15, 0.2) is 48.5 Å². The van der Waals surface area contributed by atoms with Gasteiger partial charge in [-0.15, -0.1) is 0 Å². The first-order chi connectivity index (χ1) is 13.6. The van der Waals surface area contributed by atoms with Crippen LogP contribution in [-0.2, 0) is 21.4 Å². The van der Waals surface area contributed by atoms with Crippen molar-refractivity contribution in [2.45, 2.75) is 46.3 Å². The third kappa shape index (κ3) is 7.77. The Labute approximate surface area is 173 Å². The van der Waals surface area contributed by atoms with Gasteiger partial charge in [-0.25, -0.2) is 8.42 Å². The SMILES string of the molecule is Cc1cccc(N(CCCC(=O)NCc2cccc(OC(C)C)c2)S(C)(=O)=O)c1. The molecule has 2 aromatic carbocycles. The molecule has 0 heterocycles. The van der Waals surface area contributed by atoms with E-state index in [1.54, 1.807) is 6.07 Å². The van der Waals surface area contributed by atoms with E-state index in [9.17, 15) is 13.2 Å². The van der Waals surface area contributed by atoms with E-state index in [1.807, 2.05) is 63.2 Å². The lowest BCUT2D eigenvalue weighted by Gasteiger charge is -2.22. The van der Waals surface area contributed by atoms with E-state index in [1.165, 1.54) is 10.6 Å². The number of amides is 1. The Hall–Kier alpha value is -2.54. The normalized spacial score (nSPS) is 11.3. The van der Waals surface area contributed by atoms with Gasteiger partial charge in [0, 0.05) is 19.5 Å². The fraction of sp³-hybridized carbons (Fsp3) is 0.409. The van der Waals surface area contributed by atoms with Gasteiger partial charge >= 0.3 is 0 Å². The fourth-order valence-electron chi connectivity index (χ4n) is 2.94. The monoisotopic (exact) mass is 418 g/mol. The van der Waals surface area contributed by atoms with Gasteiger partial charge < -0.3 is 10.1 Å². The van der Waals surface area contributed by atoms with Gasteiger partial charge in [-0.3, -0.25) is 9.10 Å². The maximum absolute atomic E-state index is 12.2. The average Bonchev–Trinajstić information content (AvgIpc) is 2.62. The van der Waals surface area contributed by atoms with Crippen LogP contribution in [0.3, 0.4) is 0 Å². The minimum atomic E-state index is -3.42. The zero-order valence-electron chi connectivity index (χ0n) is 17.5. The van der Waals surface area contributed by atoms with Crippen molar-refractivity contribution >= 4 is 21.6 Å². The maximum Gasteiger partial charge on any atom is 0.232 e. The highest BCUT2D eigenvalue weighted by molar-refractivity contribution is 7.92. The molecule has 2 rings (SSSR count). The van der Waals surface area contributed by atoms with Crippen LogP contribution in [0.5, 0.6) is 5.75 Å². The molecule has 0 aliphatic heterocycles. The topological polar surface area (TPSA) is 75.7 Å². The van der Waals surface area contributed by atoms with Crippen molar-refractivity contribution in [3.8, 4) is 5.75 Å². The molecule has 0 atom stereocenters. The molecule has 0 aliphatic rings. The summed E-state index contributed by atoms with van der Waals surface area (Å²) in [4.78, 5) is 12.2. The number of anilines is 1. The van der Waals surface area contributed by atoms with Crippen molar-refractivity contribution in [3.63, 3.8) is 0 Å². The highest BCUT2D eigenvalue weighted by Gasteiger charge is 2.17. The Morgan fingerprint density at radius 3 is 2.52 bits per heavy atom. The number of sulfonamides is 1. The number of benzene rings is 2. The summed E-state index contributed by atoms with van der Waals surface area (Å²) in [7, 11) is -3.42. The zero-order valence-corrected chi connectivity index (χ0v) is 18.3. The predicted molar refractivity (Wildman–Crippen MR) is 117 cm³/mol. The molecule has 0 radical (unpaired) electrons. The smallest absolute Gasteiger partial charge is 0.232 e. The van der Waals surface area contributed by atoms with Crippen LogP contribution >= 0.6 is 0 Å². The first-order valence-electron chi connectivity index (χ1n) is 9.72. The molecular weight excluding hydrogens is 388 g/mol. The second-order valence-corrected chi connectivity index (χ2v) is 9.28. The molecule has 0 spiro atoms. The summed E-state index contributed by atoms with van der Waals surface area (Å²) in [5, 5.41) is 2.88. The number of nitrogens with zero attached hydrogens (tertiary/aromatic N) is 1. The lowest BCUT2D eigenvalue weighted by Crippen LogP contribution is -2.32. The number of ether oxygens (including phenoxy) is 1. The first-order valence-corrected chi connectivity index (χ1v) is 11.6. The Morgan fingerprint density at radius 1 is 1.14 bits per heavy atom. The minimum absolute atomic E-state index is 0.0889. The summed E-state index contributed by atoms with van der Waals surface area (Å²) < 4.78 is 31.3. The average molecular weight is 419 g/mol. The Balaban J connectivity index is 1.86. The number of carbonyl (C=O) groups is 1. The van der Waals surface area contributed by atoms with E-state index in [4.69, 9.17) is 4.74 Å². The maximum atomic E-state index is 12.2. The molecular formula is C22H30N2O4S. The van der Waals surface area contributed by atoms with Gasteiger partial charge in [0.25, 0.3) is 0 Å². The molecule has 0 unspecified atom stereocenters. The van der Waals surface area contributed by atoms with Crippen molar-refractivity contribution in [3.05, 3.63) is 59.7 Å². The van der Waals surface area contributed by atoms with Crippen LogP contribution in [0.1, 0.15) is 37.8 Å². The van der Waals surface area contributed by atoms with Crippen molar-refractivity contribution in [2.75, 3.05) is 17.1 Å². The van der Waals surface area contributed by atoms with Gasteiger partial charge in [-0.05, 0) is 62.6 Å². The zero-order chi connectivity index (χ0) is 21.4. The van der Waals surface area contributed by atoms with E-state index in [0.29, 0.717) is 18.7 Å². The predicted octanol–water partition coefficient (Wildman–Crippen LogP) is 3.64. The molecule has 6 nitrogen and oxygen atoms in total. The lowest BCUT2D eigenvalue weighted by molar-refractivity contribution is -0.121. The number of aryl methyl sites for hydroxylation is 1. The van der Waals surface area contributed by atoms with E-state index >= 15 is 0 Å². The molecule has 158 valence electrons. The Morgan fingerprint density at radius 2 is 1.86 bits per heavy atom. The van der Waals surface area contributed by atoms with Gasteiger partial charge in [-0.1, -0.05) is 24.3 Å². The molecule has 2 aromatic rings. The highest BCUT2D eigenvalue weighted by Crippen LogP contribution is 2.19. The van der Waals surface area contributed by atoms with Gasteiger partial charge in [0.1, 0.15) is 5.75 Å². The Bertz CT molecular complexity index is 926. The number of hydrogen-bond acceptors (Lipinski definition) is 4. The van der Waals surface area contributed by atoms with E-state index < -0.39 is 10.0 Å². The van der Waals surface area contributed by atoms with Crippen molar-refractivity contribution in [2.24, 2.45) is 0 Å². The third-order valence-corrected chi connectivity index (χ3v) is 5.41. The molecule has 0 saturated carbocycles. The van der Waals surface area contributed by atoms with E-state index in [0.717, 1.165) is 16.9 Å². The van der Waals surface area contributed by atoms with Crippen molar-refractivity contribution in [1.82, 2.24) is 5.32 Å². The summed E-state index contributed by atoms with van der Waals surface area (Å²) >= 11 is 0. The van der Waals surface area contributed by atoms with Crippen LogP contribution in [0.2, 0.25) is 0 Å². The summed E-state index contributed by atoms with van der Waals surface area (Å²) in [5.74, 6) is 0.659. The van der Waals surface area contributed by atoms with Crippen molar-refractivity contribution in [1.29, 1.82) is 0 Å². The number of rotatable bonds is 10. The van der Waals surface area contributed by atoms with Crippen LogP contribution in [0.4, 0.5) is 5.69 Å². The molecule has 0 fully saturated rings. The first kappa shape index (κ1) is 22.7. The molecule has 0 saturated heterocycles. The van der Waals surface area contributed by atoms with E-state index in [2.05, 4.69) is 5.32 Å². The Kier molecular flexibility index (Phi) is 8.08. The summed E-state index contributed by atoms with van der Waals surface area (Å²) in [6.45, 7) is 6.50. The molecule has 0 bridgehead atoms. The van der Waals surface area contributed by atoms with Gasteiger partial charge in [0.2, 0.25) is 15.9 Å². The number of hydrogen-bond donors (Lipinski definition) is 1. The quantitative estimate of drug-likeness (QED) is 0.639. The standard InChI is InChI=1S/C22H30N2O4S/c1-17(2)28-21-11-6-9-19(15-21)16-23-22(25)12-7-13-24(29(4,26)27)20-10-5-8-18(3)14-20/h5-6,8-11,14-15,17H,7,12-13,16H2,1-4H3,(H,23,25).